The second kappa shape index (κ2) is 4.01. The van der Waals surface area contributed by atoms with E-state index in [1.807, 2.05) is 0 Å². The Bertz CT molecular complexity index is 244. The molecule has 3 aliphatic carbocycles. The summed E-state index contributed by atoms with van der Waals surface area (Å²) in [5.74, 6) is 5.29. The van der Waals surface area contributed by atoms with Crippen LogP contribution in [-0.2, 0) is 0 Å². The molecule has 0 aliphatic heterocycles. The lowest BCUT2D eigenvalue weighted by Crippen LogP contribution is -2.32. The van der Waals surface area contributed by atoms with Crippen molar-refractivity contribution < 1.29 is 0 Å². The van der Waals surface area contributed by atoms with Crippen LogP contribution in [-0.4, -0.2) is 12.1 Å². The summed E-state index contributed by atoms with van der Waals surface area (Å²) in [6.07, 6.45) is 7.41. The van der Waals surface area contributed by atoms with Crippen LogP contribution in [0, 0.1) is 29.6 Å². The van der Waals surface area contributed by atoms with Crippen molar-refractivity contribution in [1.82, 2.24) is 5.32 Å². The van der Waals surface area contributed by atoms with Gasteiger partial charge in [-0.3, -0.25) is 0 Å². The first-order valence-electron chi connectivity index (χ1n) is 7.43. The maximum Gasteiger partial charge on any atom is 0.0138 e. The molecule has 0 radical (unpaired) electrons. The van der Waals surface area contributed by atoms with Gasteiger partial charge < -0.3 is 5.32 Å². The molecule has 3 saturated carbocycles. The van der Waals surface area contributed by atoms with Crippen molar-refractivity contribution in [2.45, 2.75) is 65.0 Å². The largest absolute Gasteiger partial charge is 0.311 e. The lowest BCUT2D eigenvalue weighted by atomic mass is 10.0. The van der Waals surface area contributed by atoms with E-state index >= 15 is 0 Å². The first kappa shape index (κ1) is 11.1. The number of nitrogens with one attached hydrogen (secondary N) is 1. The molecule has 3 aliphatic rings. The number of hydrogen-bond acceptors (Lipinski definition) is 1. The predicted octanol–water partition coefficient (Wildman–Crippen LogP) is 3.45. The van der Waals surface area contributed by atoms with Gasteiger partial charge in [0.1, 0.15) is 0 Å². The minimum absolute atomic E-state index is 0.748. The summed E-state index contributed by atoms with van der Waals surface area (Å²) in [5, 5.41) is 3.91. The molecular formula is C15H27N. The summed E-state index contributed by atoms with van der Waals surface area (Å²) in [6, 6.07) is 1.67. The van der Waals surface area contributed by atoms with E-state index in [2.05, 4.69) is 26.1 Å². The first-order chi connectivity index (χ1) is 7.66. The minimum Gasteiger partial charge on any atom is -0.311 e. The van der Waals surface area contributed by atoms with Gasteiger partial charge in [0.25, 0.3) is 0 Å². The summed E-state index contributed by atoms with van der Waals surface area (Å²) >= 11 is 0. The van der Waals surface area contributed by atoms with Gasteiger partial charge in [-0.1, -0.05) is 13.8 Å². The molecule has 1 heteroatoms. The number of hydrogen-bond donors (Lipinski definition) is 1. The third kappa shape index (κ3) is 1.81. The van der Waals surface area contributed by atoms with Gasteiger partial charge in [0.05, 0.1) is 0 Å². The molecule has 5 unspecified atom stereocenters. The van der Waals surface area contributed by atoms with E-state index in [0.29, 0.717) is 0 Å². The predicted molar refractivity (Wildman–Crippen MR) is 68.3 cm³/mol. The second-order valence-corrected chi connectivity index (χ2v) is 7.05. The second-order valence-electron chi connectivity index (χ2n) is 7.05. The number of rotatable bonds is 5. The molecular weight excluding hydrogens is 194 g/mol. The molecule has 3 rings (SSSR count). The van der Waals surface area contributed by atoms with Crippen LogP contribution in [0.15, 0.2) is 0 Å². The van der Waals surface area contributed by atoms with E-state index in [1.165, 1.54) is 12.8 Å². The van der Waals surface area contributed by atoms with Crippen LogP contribution in [0.4, 0.5) is 0 Å². The van der Waals surface area contributed by atoms with Gasteiger partial charge in [0, 0.05) is 12.1 Å². The fourth-order valence-corrected chi connectivity index (χ4v) is 4.54. The average Bonchev–Trinajstić information content (AvgIpc) is 2.66. The van der Waals surface area contributed by atoms with Crippen molar-refractivity contribution in [3.8, 4) is 0 Å². The quantitative estimate of drug-likeness (QED) is 0.750. The molecule has 0 heterocycles. The normalized spacial score (nSPS) is 46.1. The molecule has 0 spiro atoms. The maximum atomic E-state index is 3.91. The minimum atomic E-state index is 0.748. The van der Waals surface area contributed by atoms with Crippen LogP contribution in [0.3, 0.4) is 0 Å². The molecule has 0 aromatic rings. The van der Waals surface area contributed by atoms with Crippen LogP contribution >= 0.6 is 0 Å². The molecule has 1 N–H and O–H groups in total. The molecule has 0 aromatic heterocycles. The van der Waals surface area contributed by atoms with E-state index in [4.69, 9.17) is 0 Å². The van der Waals surface area contributed by atoms with Gasteiger partial charge in [0.15, 0.2) is 0 Å². The highest BCUT2D eigenvalue weighted by Gasteiger charge is 2.64. The van der Waals surface area contributed by atoms with Gasteiger partial charge in [-0.15, -0.1) is 0 Å². The van der Waals surface area contributed by atoms with Crippen LogP contribution in [0.5, 0.6) is 0 Å². The Morgan fingerprint density at radius 3 is 2.19 bits per heavy atom. The maximum absolute atomic E-state index is 3.91. The summed E-state index contributed by atoms with van der Waals surface area (Å²) in [7, 11) is 0. The van der Waals surface area contributed by atoms with Crippen LogP contribution in [0.1, 0.15) is 52.9 Å². The fraction of sp³-hybridized carbons (Fsp3) is 1.00. The van der Waals surface area contributed by atoms with Crippen LogP contribution < -0.4 is 5.32 Å². The third-order valence-electron chi connectivity index (χ3n) is 5.39. The zero-order valence-electron chi connectivity index (χ0n) is 11.1. The number of fused-ring (bicyclic) bond motifs is 5. The Morgan fingerprint density at radius 2 is 1.62 bits per heavy atom. The van der Waals surface area contributed by atoms with Gasteiger partial charge in [-0.2, -0.15) is 0 Å². The summed E-state index contributed by atoms with van der Waals surface area (Å²) < 4.78 is 0. The Labute approximate surface area is 100 Å². The van der Waals surface area contributed by atoms with Gasteiger partial charge in [0.2, 0.25) is 0 Å². The van der Waals surface area contributed by atoms with E-state index < -0.39 is 0 Å². The zero-order valence-corrected chi connectivity index (χ0v) is 11.1. The van der Waals surface area contributed by atoms with E-state index in [-0.39, 0.29) is 0 Å². The standard InChI is InChI=1S/C15H27N/c1-9(2)4-5-10(3)16-15-13-11-6-7-12(8-11)14(13)15/h9-16H,4-8H2,1-3H3. The van der Waals surface area contributed by atoms with Crippen molar-refractivity contribution in [2.75, 3.05) is 0 Å². The smallest absolute Gasteiger partial charge is 0.0138 e. The summed E-state index contributed by atoms with van der Waals surface area (Å²) in [5.41, 5.74) is 0. The monoisotopic (exact) mass is 221 g/mol. The third-order valence-corrected chi connectivity index (χ3v) is 5.39. The highest BCUT2D eigenvalue weighted by molar-refractivity contribution is 5.17. The average molecular weight is 221 g/mol. The Balaban J connectivity index is 1.44. The Morgan fingerprint density at radius 1 is 1.00 bits per heavy atom. The topological polar surface area (TPSA) is 12.0 Å². The first-order valence-corrected chi connectivity index (χ1v) is 7.43. The van der Waals surface area contributed by atoms with Crippen LogP contribution in [0.25, 0.3) is 0 Å². The molecule has 3 fully saturated rings. The van der Waals surface area contributed by atoms with Crippen molar-refractivity contribution in [1.29, 1.82) is 0 Å². The molecule has 5 atom stereocenters. The van der Waals surface area contributed by atoms with Crippen molar-refractivity contribution in [3.05, 3.63) is 0 Å². The fourth-order valence-electron chi connectivity index (χ4n) is 4.54. The van der Waals surface area contributed by atoms with E-state index in [1.54, 1.807) is 19.3 Å². The SMILES string of the molecule is CC(C)CCC(C)NC1C2C3CCC(C3)C12. The van der Waals surface area contributed by atoms with Crippen molar-refractivity contribution in [3.63, 3.8) is 0 Å². The molecule has 1 nitrogen and oxygen atoms in total. The molecule has 92 valence electrons. The van der Waals surface area contributed by atoms with Gasteiger partial charge in [-0.25, -0.2) is 0 Å². The van der Waals surface area contributed by atoms with Crippen molar-refractivity contribution in [2.24, 2.45) is 29.6 Å². The Kier molecular flexibility index (Phi) is 2.78. The van der Waals surface area contributed by atoms with E-state index in [0.717, 1.165) is 41.7 Å². The zero-order chi connectivity index (χ0) is 11.3. The highest BCUT2D eigenvalue weighted by atomic mass is 15.0. The lowest BCUT2D eigenvalue weighted by molar-refractivity contribution is 0.396. The molecule has 2 bridgehead atoms. The lowest BCUT2D eigenvalue weighted by Gasteiger charge is -2.17. The molecule has 16 heavy (non-hydrogen) atoms. The van der Waals surface area contributed by atoms with Gasteiger partial charge >= 0.3 is 0 Å². The molecule has 0 aromatic carbocycles. The van der Waals surface area contributed by atoms with Crippen LogP contribution in [0.2, 0.25) is 0 Å². The van der Waals surface area contributed by atoms with Crippen molar-refractivity contribution >= 4 is 0 Å². The summed E-state index contributed by atoms with van der Waals surface area (Å²) in [6.45, 7) is 7.05. The summed E-state index contributed by atoms with van der Waals surface area (Å²) in [4.78, 5) is 0. The molecule has 0 saturated heterocycles. The van der Waals surface area contributed by atoms with E-state index in [9.17, 15) is 0 Å². The Hall–Kier alpha value is -0.0400. The van der Waals surface area contributed by atoms with Gasteiger partial charge in [-0.05, 0) is 68.6 Å². The molecule has 0 amide bonds. The highest BCUT2D eigenvalue weighted by Crippen LogP contribution is 2.65.